The summed E-state index contributed by atoms with van der Waals surface area (Å²) >= 11 is 0. The van der Waals surface area contributed by atoms with Gasteiger partial charge >= 0.3 is 0 Å². The highest BCUT2D eigenvalue weighted by Gasteiger charge is 2.54. The van der Waals surface area contributed by atoms with E-state index in [0.29, 0.717) is 28.3 Å². The Morgan fingerprint density at radius 3 is 2.45 bits per heavy atom. The number of sulfonamides is 1. The molecule has 6 nitrogen and oxygen atoms in total. The van der Waals surface area contributed by atoms with E-state index in [1.54, 1.807) is 30.3 Å². The highest BCUT2D eigenvalue weighted by Crippen LogP contribution is 2.55. The Morgan fingerprint density at radius 2 is 1.71 bits per heavy atom. The summed E-state index contributed by atoms with van der Waals surface area (Å²) in [6, 6.07) is 14.3. The van der Waals surface area contributed by atoms with E-state index in [9.17, 15) is 13.2 Å². The third kappa shape index (κ3) is 4.13. The second kappa shape index (κ2) is 7.71. The molecule has 2 aromatic rings. The summed E-state index contributed by atoms with van der Waals surface area (Å²) in [7, 11) is -3.54. The smallest absolute Gasteiger partial charge is 0.270 e. The molecule has 1 aromatic carbocycles. The lowest BCUT2D eigenvalue weighted by atomic mass is 9.75. The molecular formula is C24H29N3O3S. The third-order valence-electron chi connectivity index (χ3n) is 7.35. The minimum Gasteiger partial charge on any atom is -0.348 e. The molecule has 7 heteroatoms. The molecule has 164 valence electrons. The molecular weight excluding hydrogens is 410 g/mol. The summed E-state index contributed by atoms with van der Waals surface area (Å²) in [4.78, 5) is 17.4. The van der Waals surface area contributed by atoms with Gasteiger partial charge in [-0.15, -0.1) is 0 Å². The van der Waals surface area contributed by atoms with Crippen LogP contribution in [0.1, 0.15) is 54.7 Å². The van der Waals surface area contributed by atoms with Crippen molar-refractivity contribution in [1.29, 1.82) is 0 Å². The summed E-state index contributed by atoms with van der Waals surface area (Å²) in [5.41, 5.74) is 0.949. The van der Waals surface area contributed by atoms with Gasteiger partial charge in [-0.2, -0.15) is 0 Å². The molecule has 31 heavy (non-hydrogen) atoms. The number of nitrogens with one attached hydrogen (secondary N) is 2. The maximum absolute atomic E-state index is 13.0. The molecule has 0 spiro atoms. The summed E-state index contributed by atoms with van der Waals surface area (Å²) in [5.74, 6) is 1.26. The van der Waals surface area contributed by atoms with Crippen LogP contribution < -0.4 is 10.0 Å². The van der Waals surface area contributed by atoms with Crippen LogP contribution in [-0.2, 0) is 10.0 Å². The van der Waals surface area contributed by atoms with Crippen LogP contribution in [0.15, 0.2) is 53.4 Å². The topological polar surface area (TPSA) is 88.2 Å². The van der Waals surface area contributed by atoms with Crippen LogP contribution in [0.3, 0.4) is 0 Å². The summed E-state index contributed by atoms with van der Waals surface area (Å²) in [6.45, 7) is 1.88. The first-order valence-corrected chi connectivity index (χ1v) is 12.6. The number of amides is 1. The Bertz CT molecular complexity index is 1080. The van der Waals surface area contributed by atoms with Gasteiger partial charge in [0.25, 0.3) is 5.91 Å². The number of aromatic nitrogens is 1. The van der Waals surface area contributed by atoms with E-state index in [2.05, 4.69) is 15.0 Å². The van der Waals surface area contributed by atoms with E-state index in [-0.39, 0.29) is 17.5 Å². The number of fused-ring (bicyclic) bond motifs is 2. The van der Waals surface area contributed by atoms with Gasteiger partial charge in [0.15, 0.2) is 0 Å². The van der Waals surface area contributed by atoms with Crippen molar-refractivity contribution in [2.45, 2.75) is 61.9 Å². The first kappa shape index (κ1) is 20.6. The number of rotatable bonds is 5. The first-order chi connectivity index (χ1) is 14.8. The van der Waals surface area contributed by atoms with E-state index in [4.69, 9.17) is 0 Å². The van der Waals surface area contributed by atoms with Crippen LogP contribution in [0.4, 0.5) is 0 Å². The standard InChI is InChI=1S/C24H29N3O3S/c1-16-6-5-9-22(25-16)23(28)26-20-11-17-10-18-14-24(13-17,15-19(18)12-20)27-31(29,30)21-7-3-2-4-8-21/h2-9,17-20,27H,10-15H2,1H3,(H,26,28). The van der Waals surface area contributed by atoms with E-state index in [1.807, 2.05) is 25.1 Å². The number of aryl methyl sites for hydroxylation is 1. The molecule has 1 heterocycles. The van der Waals surface area contributed by atoms with Gasteiger partial charge in [0, 0.05) is 17.3 Å². The molecule has 0 saturated heterocycles. The first-order valence-electron chi connectivity index (χ1n) is 11.2. The average Bonchev–Trinajstić information content (AvgIpc) is 2.89. The van der Waals surface area contributed by atoms with Crippen LogP contribution >= 0.6 is 0 Å². The molecule has 3 bridgehead atoms. The Morgan fingerprint density at radius 1 is 0.968 bits per heavy atom. The second-order valence-electron chi connectivity index (χ2n) is 9.74. The van der Waals surface area contributed by atoms with Crippen molar-refractivity contribution < 1.29 is 13.2 Å². The predicted octanol–water partition coefficient (Wildman–Crippen LogP) is 3.44. The van der Waals surface area contributed by atoms with Gasteiger partial charge in [-0.1, -0.05) is 24.3 Å². The molecule has 2 N–H and O–H groups in total. The monoisotopic (exact) mass is 439 g/mol. The zero-order chi connectivity index (χ0) is 21.6. The Balaban J connectivity index is 1.30. The molecule has 3 fully saturated rings. The van der Waals surface area contributed by atoms with Gasteiger partial charge in [0.1, 0.15) is 5.69 Å². The molecule has 5 rings (SSSR count). The normalized spacial score (nSPS) is 31.9. The number of nitrogens with zero attached hydrogens (tertiary/aromatic N) is 1. The number of carbonyl (C=O) groups excluding carboxylic acids is 1. The number of hydrogen-bond acceptors (Lipinski definition) is 4. The summed E-state index contributed by atoms with van der Waals surface area (Å²) in [6.07, 6.45) is 5.55. The van der Waals surface area contributed by atoms with Crippen LogP contribution in [-0.4, -0.2) is 30.9 Å². The molecule has 3 aliphatic rings. The summed E-state index contributed by atoms with van der Waals surface area (Å²) in [5, 5.41) is 3.22. The maximum Gasteiger partial charge on any atom is 0.270 e. The van der Waals surface area contributed by atoms with Gasteiger partial charge in [-0.05, 0) is 87.5 Å². The fourth-order valence-corrected chi connectivity index (χ4v) is 7.81. The van der Waals surface area contributed by atoms with E-state index in [1.165, 1.54) is 0 Å². The quantitative estimate of drug-likeness (QED) is 0.747. The van der Waals surface area contributed by atoms with Gasteiger partial charge in [0.05, 0.1) is 4.90 Å². The van der Waals surface area contributed by atoms with E-state index >= 15 is 0 Å². The molecule has 0 radical (unpaired) electrons. The van der Waals surface area contributed by atoms with Gasteiger partial charge in [-0.3, -0.25) is 4.79 Å². The van der Waals surface area contributed by atoms with Crippen LogP contribution in [0.2, 0.25) is 0 Å². The Hall–Kier alpha value is -2.25. The predicted molar refractivity (Wildman–Crippen MR) is 118 cm³/mol. The highest BCUT2D eigenvalue weighted by molar-refractivity contribution is 7.89. The van der Waals surface area contributed by atoms with Gasteiger partial charge in [0.2, 0.25) is 10.0 Å². The summed E-state index contributed by atoms with van der Waals surface area (Å²) < 4.78 is 29.2. The van der Waals surface area contributed by atoms with E-state index in [0.717, 1.165) is 44.2 Å². The van der Waals surface area contributed by atoms with E-state index < -0.39 is 10.0 Å². The van der Waals surface area contributed by atoms with Crippen molar-refractivity contribution in [3.05, 3.63) is 59.9 Å². The third-order valence-corrected chi connectivity index (χ3v) is 8.95. The molecule has 1 amide bonds. The molecule has 0 aliphatic heterocycles. The van der Waals surface area contributed by atoms with Crippen molar-refractivity contribution in [3.8, 4) is 0 Å². The number of benzene rings is 1. The van der Waals surface area contributed by atoms with Crippen molar-refractivity contribution >= 4 is 15.9 Å². The van der Waals surface area contributed by atoms with Crippen LogP contribution in [0, 0.1) is 24.7 Å². The molecule has 1 aromatic heterocycles. The van der Waals surface area contributed by atoms with Gasteiger partial charge < -0.3 is 5.32 Å². The molecule has 3 saturated carbocycles. The highest BCUT2D eigenvalue weighted by atomic mass is 32.2. The largest absolute Gasteiger partial charge is 0.348 e. The van der Waals surface area contributed by atoms with Crippen molar-refractivity contribution in [3.63, 3.8) is 0 Å². The Labute approximate surface area is 183 Å². The number of carbonyl (C=O) groups is 1. The lowest BCUT2D eigenvalue weighted by Gasteiger charge is -2.39. The zero-order valence-electron chi connectivity index (χ0n) is 17.8. The van der Waals surface area contributed by atoms with Crippen LogP contribution in [0.5, 0.6) is 0 Å². The second-order valence-corrected chi connectivity index (χ2v) is 11.4. The van der Waals surface area contributed by atoms with Crippen molar-refractivity contribution in [2.24, 2.45) is 17.8 Å². The molecule has 5 unspecified atom stereocenters. The average molecular weight is 440 g/mol. The lowest BCUT2D eigenvalue weighted by molar-refractivity contribution is 0.0916. The SMILES string of the molecule is Cc1cccc(C(=O)NC2CC3CC4CC(NS(=O)(=O)c5ccccc5)(C3)CC4C2)n1. The number of hydrogen-bond donors (Lipinski definition) is 2. The van der Waals surface area contributed by atoms with Crippen molar-refractivity contribution in [1.82, 2.24) is 15.0 Å². The number of pyridine rings is 1. The maximum atomic E-state index is 13.0. The minimum absolute atomic E-state index is 0.111. The van der Waals surface area contributed by atoms with Crippen molar-refractivity contribution in [2.75, 3.05) is 0 Å². The van der Waals surface area contributed by atoms with Crippen LogP contribution in [0.25, 0.3) is 0 Å². The molecule has 5 atom stereocenters. The van der Waals surface area contributed by atoms with Gasteiger partial charge in [-0.25, -0.2) is 18.1 Å². The fourth-order valence-electron chi connectivity index (χ4n) is 6.36. The minimum atomic E-state index is -3.54. The zero-order valence-corrected chi connectivity index (χ0v) is 18.6. The molecule has 3 aliphatic carbocycles. The fraction of sp³-hybridized carbons (Fsp3) is 0.500. The lowest BCUT2D eigenvalue weighted by Crippen LogP contribution is -2.50. The Kier molecular flexibility index (Phi) is 5.13.